The van der Waals surface area contributed by atoms with Gasteiger partial charge in [0, 0.05) is 48.0 Å². The average Bonchev–Trinajstić information content (AvgIpc) is 3.09. The number of fused-ring (bicyclic) bond motifs is 2. The molecule has 1 atom stereocenters. The summed E-state index contributed by atoms with van der Waals surface area (Å²) in [6.45, 7) is 1.53. The van der Waals surface area contributed by atoms with E-state index in [4.69, 9.17) is 38.2 Å². The van der Waals surface area contributed by atoms with E-state index in [0.717, 1.165) is 58.7 Å². The third-order valence-electron chi connectivity index (χ3n) is 9.43. The van der Waals surface area contributed by atoms with Crippen LogP contribution in [0.5, 0.6) is 51.7 Å². The molecule has 4 heterocycles. The van der Waals surface area contributed by atoms with Gasteiger partial charge in [0.2, 0.25) is 11.5 Å². The lowest BCUT2D eigenvalue weighted by Crippen LogP contribution is -2.34. The molecule has 0 saturated heterocycles. The van der Waals surface area contributed by atoms with Crippen LogP contribution in [-0.2, 0) is 25.7 Å². The van der Waals surface area contributed by atoms with Crippen LogP contribution in [0.25, 0.3) is 0 Å². The molecule has 8 rings (SSSR count). The van der Waals surface area contributed by atoms with E-state index in [9.17, 15) is 0 Å². The molecule has 0 radical (unpaired) electrons. The Bertz CT molecular complexity index is 1850. The second-order valence-corrected chi connectivity index (χ2v) is 12.0. The van der Waals surface area contributed by atoms with Gasteiger partial charge in [0.25, 0.3) is 0 Å². The molecule has 9 nitrogen and oxygen atoms in total. The van der Waals surface area contributed by atoms with Crippen molar-refractivity contribution >= 4 is 5.71 Å². The van der Waals surface area contributed by atoms with Crippen LogP contribution in [0.2, 0.25) is 0 Å². The van der Waals surface area contributed by atoms with E-state index in [-0.39, 0.29) is 6.04 Å². The van der Waals surface area contributed by atoms with Crippen LogP contribution < -0.4 is 33.2 Å². The zero-order valence-electron chi connectivity index (χ0n) is 27.8. The maximum absolute atomic E-state index is 7.00. The molecule has 4 aliphatic heterocycles. The number of aliphatic imine (C=N–C) groups is 1. The molecule has 4 aromatic carbocycles. The number of ether oxygens (including phenoxy) is 7. The first-order chi connectivity index (χ1) is 23.0. The van der Waals surface area contributed by atoms with Crippen LogP contribution in [0.15, 0.2) is 59.6 Å². The minimum atomic E-state index is -0.0948. The van der Waals surface area contributed by atoms with Crippen LogP contribution in [0.4, 0.5) is 0 Å². The fourth-order valence-corrected chi connectivity index (χ4v) is 7.06. The summed E-state index contributed by atoms with van der Waals surface area (Å²) in [5.41, 5.74) is 7.45. The smallest absolute Gasteiger partial charge is 0.208 e. The van der Waals surface area contributed by atoms with Gasteiger partial charge in [0.15, 0.2) is 34.5 Å². The van der Waals surface area contributed by atoms with Gasteiger partial charge in [0.05, 0.1) is 35.5 Å². The summed E-state index contributed by atoms with van der Waals surface area (Å²) in [5, 5.41) is 0. The van der Waals surface area contributed by atoms with Crippen LogP contribution in [-0.4, -0.2) is 66.3 Å². The van der Waals surface area contributed by atoms with Gasteiger partial charge in [-0.25, -0.2) is 0 Å². The van der Waals surface area contributed by atoms with Crippen LogP contribution >= 0.6 is 0 Å². The van der Waals surface area contributed by atoms with Crippen molar-refractivity contribution in [3.05, 3.63) is 88.0 Å². The summed E-state index contributed by atoms with van der Waals surface area (Å²) in [6.07, 6.45) is 2.90. The molecule has 6 bridgehead atoms. The molecule has 0 aromatic heterocycles. The van der Waals surface area contributed by atoms with Crippen molar-refractivity contribution in [1.82, 2.24) is 4.90 Å². The maximum atomic E-state index is 7.00. The first kappa shape index (κ1) is 30.7. The predicted molar refractivity (Wildman–Crippen MR) is 180 cm³/mol. The lowest BCUT2D eigenvalue weighted by Gasteiger charge is -2.37. The highest BCUT2D eigenvalue weighted by Gasteiger charge is 2.37. The van der Waals surface area contributed by atoms with Crippen molar-refractivity contribution in [3.8, 4) is 51.7 Å². The Hall–Kier alpha value is -4.89. The first-order valence-corrected chi connectivity index (χ1v) is 15.9. The Morgan fingerprint density at radius 1 is 0.723 bits per heavy atom. The van der Waals surface area contributed by atoms with E-state index in [2.05, 4.69) is 48.3 Å². The van der Waals surface area contributed by atoms with Crippen LogP contribution in [0.3, 0.4) is 0 Å². The van der Waals surface area contributed by atoms with Gasteiger partial charge in [0.1, 0.15) is 5.75 Å². The lowest BCUT2D eigenvalue weighted by molar-refractivity contribution is 0.216. The number of hydrogen-bond donors (Lipinski definition) is 0. The number of likely N-dealkylation sites (N-methyl/N-ethyl adjacent to an activating group) is 1. The van der Waals surface area contributed by atoms with Crippen molar-refractivity contribution in [1.29, 1.82) is 0 Å². The van der Waals surface area contributed by atoms with Crippen molar-refractivity contribution in [2.75, 3.05) is 55.7 Å². The van der Waals surface area contributed by atoms with Gasteiger partial charge in [-0.1, -0.05) is 18.2 Å². The van der Waals surface area contributed by atoms with Crippen molar-refractivity contribution in [2.45, 2.75) is 31.7 Å². The molecule has 244 valence electrons. The largest absolute Gasteiger partial charge is 0.493 e. The summed E-state index contributed by atoms with van der Waals surface area (Å²) in [5.74, 6) is 5.47. The summed E-state index contributed by atoms with van der Waals surface area (Å²) >= 11 is 0. The maximum Gasteiger partial charge on any atom is 0.208 e. The number of benzene rings is 4. The van der Waals surface area contributed by atoms with Gasteiger partial charge >= 0.3 is 0 Å². The highest BCUT2D eigenvalue weighted by Crippen LogP contribution is 2.56. The Morgan fingerprint density at radius 3 is 2.17 bits per heavy atom. The average molecular weight is 637 g/mol. The monoisotopic (exact) mass is 636 g/mol. The Morgan fingerprint density at radius 2 is 1.45 bits per heavy atom. The molecule has 4 aromatic rings. The Balaban J connectivity index is 1.50. The van der Waals surface area contributed by atoms with Gasteiger partial charge in [-0.2, -0.15) is 0 Å². The highest BCUT2D eigenvalue weighted by molar-refractivity contribution is 6.04. The van der Waals surface area contributed by atoms with Crippen LogP contribution in [0, 0.1) is 0 Å². The molecule has 0 N–H and O–H groups in total. The third-order valence-corrected chi connectivity index (χ3v) is 9.43. The minimum absolute atomic E-state index is 0.0948. The van der Waals surface area contributed by atoms with E-state index in [1.165, 1.54) is 5.56 Å². The van der Waals surface area contributed by atoms with Gasteiger partial charge in [-0.15, -0.1) is 0 Å². The molecule has 0 amide bonds. The van der Waals surface area contributed by atoms with Gasteiger partial charge in [-0.3, -0.25) is 9.89 Å². The van der Waals surface area contributed by atoms with Gasteiger partial charge < -0.3 is 33.2 Å². The predicted octanol–water partition coefficient (Wildman–Crippen LogP) is 6.99. The second kappa shape index (κ2) is 12.7. The highest BCUT2D eigenvalue weighted by atomic mass is 16.6. The van der Waals surface area contributed by atoms with E-state index in [1.54, 1.807) is 35.5 Å². The normalized spacial score (nSPS) is 16.8. The molecule has 0 unspecified atom stereocenters. The molecule has 0 spiro atoms. The number of rotatable bonds is 5. The second-order valence-electron chi connectivity index (χ2n) is 12.0. The van der Waals surface area contributed by atoms with E-state index < -0.39 is 0 Å². The molecular weight excluding hydrogens is 596 g/mol. The zero-order valence-corrected chi connectivity index (χ0v) is 27.8. The molecule has 9 heteroatoms. The molecule has 4 aliphatic rings. The molecule has 0 saturated carbocycles. The summed E-state index contributed by atoms with van der Waals surface area (Å²) in [6, 6.07) is 18.3. The first-order valence-electron chi connectivity index (χ1n) is 15.9. The molecular formula is C38H40N2O7. The SMILES string of the molecule is COc1ccc2cc1Oc1ccc(cc1)CC1=NCCc3cc(OC)c(cc31)Oc1c(OC)c(OC)c(OC)c3c1[C@H](C2)N(C)CC3. The Kier molecular flexibility index (Phi) is 8.32. The van der Waals surface area contributed by atoms with Gasteiger partial charge in [-0.05, 0) is 79.4 Å². The minimum Gasteiger partial charge on any atom is -0.493 e. The standard InChI is InChI=1S/C38H40N2O7/c1-40-16-14-26-34-29(40)18-23-9-12-30(41-2)32(19-23)46-25-10-7-22(8-11-25)17-28-27-21-33(31(42-3)20-24(27)13-15-39-28)47-36(34)38(45-6)37(44-5)35(26)43-4/h7-12,19-21,29H,13-18H2,1-6H3/t29-/m0/s1. The summed E-state index contributed by atoms with van der Waals surface area (Å²) < 4.78 is 43.1. The lowest BCUT2D eigenvalue weighted by atomic mass is 9.86. The van der Waals surface area contributed by atoms with Crippen LogP contribution in [0.1, 0.15) is 39.4 Å². The van der Waals surface area contributed by atoms with Crippen molar-refractivity contribution in [2.24, 2.45) is 4.99 Å². The van der Waals surface area contributed by atoms with Crippen molar-refractivity contribution < 1.29 is 33.2 Å². The topological polar surface area (TPSA) is 80.2 Å². The van der Waals surface area contributed by atoms with E-state index in [1.807, 2.05) is 18.2 Å². The summed E-state index contributed by atoms with van der Waals surface area (Å²) in [4.78, 5) is 7.32. The number of hydrogen-bond acceptors (Lipinski definition) is 9. The zero-order chi connectivity index (χ0) is 32.7. The number of nitrogens with zero attached hydrogens (tertiary/aromatic N) is 2. The third kappa shape index (κ3) is 5.48. The van der Waals surface area contributed by atoms with Crippen molar-refractivity contribution in [3.63, 3.8) is 0 Å². The summed E-state index contributed by atoms with van der Waals surface area (Å²) in [7, 11) is 10.4. The fraction of sp³-hybridized carbons (Fsp3) is 0.342. The number of methoxy groups -OCH3 is 5. The molecule has 0 fully saturated rings. The van der Waals surface area contributed by atoms with E-state index >= 15 is 0 Å². The fourth-order valence-electron chi connectivity index (χ4n) is 7.06. The molecule has 47 heavy (non-hydrogen) atoms. The quantitative estimate of drug-likeness (QED) is 0.232. The Labute approximate surface area is 275 Å². The molecule has 0 aliphatic carbocycles. The van der Waals surface area contributed by atoms with E-state index in [0.29, 0.717) is 65.4 Å².